The van der Waals surface area contributed by atoms with Crippen molar-refractivity contribution in [2.45, 2.75) is 186 Å². The predicted molar refractivity (Wildman–Crippen MR) is 311 cm³/mol. The van der Waals surface area contributed by atoms with Crippen LogP contribution in [0.15, 0.2) is 135 Å². The van der Waals surface area contributed by atoms with E-state index in [-0.39, 0.29) is 33.0 Å². The Balaban J connectivity index is -0.000000392. The monoisotopic (exact) mass is 1180 g/mol. The first kappa shape index (κ1) is 79.0. The van der Waals surface area contributed by atoms with Gasteiger partial charge in [0, 0.05) is 54.6 Å². The quantitative estimate of drug-likeness (QED) is 0.0658. The average molecular weight is 1190 g/mol. The van der Waals surface area contributed by atoms with Crippen molar-refractivity contribution in [3.63, 3.8) is 0 Å². The minimum atomic E-state index is 0. The van der Waals surface area contributed by atoms with Crippen LogP contribution in [0.25, 0.3) is 0 Å². The summed E-state index contributed by atoms with van der Waals surface area (Å²) in [6.07, 6.45) is 35.0. The van der Waals surface area contributed by atoms with Gasteiger partial charge in [0.2, 0.25) is 37.8 Å². The summed E-state index contributed by atoms with van der Waals surface area (Å²) in [5.41, 5.74) is 2.66. The second-order valence-electron chi connectivity index (χ2n) is 19.6. The third kappa shape index (κ3) is 42.2. The van der Waals surface area contributed by atoms with Crippen LogP contribution < -0.4 is 18.3 Å². The molecule has 0 radical (unpaired) electrons. The molecule has 0 spiro atoms. The standard InChI is InChI=1S/4C9H16N2.C8H10.2C6H5.C4H8O.2CH3OS.2Ni/c4*1-8(2)10-5-6-11(7-10)9(3)4;1-7-3-5-8(2)6-4-7;2*1-2-4-6-5-3-1;1-2-4-5-3-1;2*1-3-2;;/h4*5-6,8-9H,1-4H3;3-6H,1-2H3;2*1-5H;1-4H2;2*1H3;;/q;;;;;2*-1;;2*+1;;. The van der Waals surface area contributed by atoms with Crippen LogP contribution in [0, 0.1) is 51.3 Å². The van der Waals surface area contributed by atoms with E-state index in [0.717, 1.165) is 13.2 Å². The average Bonchev–Trinajstić information content (AvgIpc) is 4.25. The Labute approximate surface area is 497 Å². The van der Waals surface area contributed by atoms with Crippen molar-refractivity contribution in [1.29, 1.82) is 0 Å². The number of aromatic nitrogens is 8. The smallest absolute Gasteiger partial charge is 0.381 e. The van der Waals surface area contributed by atoms with Gasteiger partial charge in [-0.15, -0.1) is 0 Å². The zero-order valence-corrected chi connectivity index (χ0v) is 54.0. The van der Waals surface area contributed by atoms with Crippen LogP contribution in [0.3, 0.4) is 0 Å². The second-order valence-corrected chi connectivity index (χ2v) is 20.2. The molecule has 5 heterocycles. The third-order valence-electron chi connectivity index (χ3n) is 10.2. The Kier molecular flexibility index (Phi) is 51.0. The van der Waals surface area contributed by atoms with Gasteiger partial charge in [-0.2, -0.15) is 72.8 Å². The third-order valence-corrected chi connectivity index (χ3v) is 10.2. The first-order chi connectivity index (χ1) is 35.6. The first-order valence-electron chi connectivity index (χ1n) is 26.4. The zero-order chi connectivity index (χ0) is 57.1. The molecule has 1 saturated heterocycles. The molecule has 436 valence electrons. The summed E-state index contributed by atoms with van der Waals surface area (Å²) >= 11 is 1.000. The molecule has 3 aromatic carbocycles. The normalized spacial score (nSPS) is 10.6. The fraction of sp³-hybridized carbons (Fsp3) is 0.516. The van der Waals surface area contributed by atoms with Crippen molar-refractivity contribution in [2.24, 2.45) is 0 Å². The number of hydrogen-bond donors (Lipinski definition) is 0. The molecule has 1 fully saturated rings. The van der Waals surface area contributed by atoms with E-state index in [9.17, 15) is 0 Å². The van der Waals surface area contributed by atoms with Gasteiger partial charge in [0.15, 0.2) is 0 Å². The van der Waals surface area contributed by atoms with E-state index in [1.54, 1.807) is 0 Å². The molecule has 0 amide bonds. The van der Waals surface area contributed by atoms with Crippen LogP contribution in [0.1, 0.15) is 183 Å². The van der Waals surface area contributed by atoms with Gasteiger partial charge >= 0.3 is 23.3 Å². The molecule has 15 heteroatoms. The van der Waals surface area contributed by atoms with Crippen molar-refractivity contribution < 1.29 is 64.4 Å². The van der Waals surface area contributed by atoms with E-state index in [4.69, 9.17) is 13.2 Å². The minimum absolute atomic E-state index is 0. The Hall–Kier alpha value is -4.51. The van der Waals surface area contributed by atoms with Crippen molar-refractivity contribution in [3.05, 3.63) is 183 Å². The summed E-state index contributed by atoms with van der Waals surface area (Å²) in [6, 6.07) is 37.6. The minimum Gasteiger partial charge on any atom is -0.381 e. The molecule has 0 atom stereocenters. The Morgan fingerprint density at radius 3 is 0.714 bits per heavy atom. The van der Waals surface area contributed by atoms with E-state index in [2.05, 4.69) is 272 Å². The number of nitrogens with zero attached hydrogens (tertiary/aromatic N) is 8. The summed E-state index contributed by atoms with van der Waals surface area (Å²) < 4.78 is 39.3. The molecule has 0 bridgehead atoms. The molecule has 0 saturated carbocycles. The maximum absolute atomic E-state index is 8.85. The van der Waals surface area contributed by atoms with Gasteiger partial charge in [-0.3, -0.25) is 0 Å². The van der Waals surface area contributed by atoms with E-state index in [0.29, 0.717) is 71.7 Å². The number of rotatable bonds is 8. The summed E-state index contributed by atoms with van der Waals surface area (Å²) in [6.45, 7) is 40.7. The van der Waals surface area contributed by atoms with Gasteiger partial charge < -0.3 is 41.3 Å². The van der Waals surface area contributed by atoms with Crippen molar-refractivity contribution in [2.75, 3.05) is 25.7 Å². The fourth-order valence-electron chi connectivity index (χ4n) is 5.51. The molecule has 1 aliphatic rings. The molecule has 11 nitrogen and oxygen atoms in total. The van der Waals surface area contributed by atoms with E-state index >= 15 is 0 Å². The number of hydrogen-bond acceptors (Lipinski definition) is 3. The summed E-state index contributed by atoms with van der Waals surface area (Å²) in [5.74, 6) is 0. The maximum atomic E-state index is 8.85. The summed E-state index contributed by atoms with van der Waals surface area (Å²) in [7, 11) is 0. The summed E-state index contributed by atoms with van der Waals surface area (Å²) in [4.78, 5) is 0. The topological polar surface area (TPSA) is 78.6 Å². The molecule has 8 rings (SSSR count). The molecular weight excluding hydrogens is 1090 g/mol. The van der Waals surface area contributed by atoms with Crippen LogP contribution in [0.2, 0.25) is 0 Å². The molecule has 4 aromatic heterocycles. The summed E-state index contributed by atoms with van der Waals surface area (Å²) in [5, 5.41) is 0. The van der Waals surface area contributed by atoms with Gasteiger partial charge in [-0.05, 0) is 187 Å². The van der Waals surface area contributed by atoms with Crippen LogP contribution in [-0.2, 0) is 69.5 Å². The fourth-order valence-corrected chi connectivity index (χ4v) is 5.51. The molecule has 77 heavy (non-hydrogen) atoms. The number of benzene rings is 3. The number of imidazole rings is 4. The van der Waals surface area contributed by atoms with Gasteiger partial charge in [-0.1, -0.05) is 35.4 Å². The van der Waals surface area contributed by atoms with Gasteiger partial charge in [0.25, 0.3) is 0 Å². The Bertz CT molecular complexity index is 1930. The Morgan fingerprint density at radius 2 is 0.623 bits per heavy atom. The largest absolute Gasteiger partial charge is 0.455 e. The van der Waals surface area contributed by atoms with Crippen LogP contribution in [0.4, 0.5) is 0 Å². The van der Waals surface area contributed by atoms with Crippen molar-refractivity contribution in [1.82, 2.24) is 18.3 Å². The zero-order valence-electron chi connectivity index (χ0n) is 50.4. The van der Waals surface area contributed by atoms with Gasteiger partial charge in [-0.25, -0.2) is 0 Å². The van der Waals surface area contributed by atoms with Crippen LogP contribution in [0.5, 0.6) is 0 Å². The van der Waals surface area contributed by atoms with Crippen LogP contribution in [-0.4, -0.2) is 44.0 Å². The van der Waals surface area contributed by atoms with Gasteiger partial charge in [0.1, 0.15) is 0 Å². The maximum Gasteiger partial charge on any atom is 0.455 e. The number of ether oxygens (including phenoxy) is 1. The molecule has 0 unspecified atom stereocenters. The SMILES string of the molecule is C1CCOC1.CC(C)n1[c-][n+](C(C)C)cc1.CC(C)n1[c-][n+](C(C)C)cc1.CC(C)n1[c-][n+](C(C)C)cc1.CC(C)n1[c-][n+](C(C)C)cc1.C[S+]=O.C[S+]=O.Cc1ccc(C)cc1.[Ni].[Ni].[c-]1ccccc1.[c-]1ccccc1. The van der Waals surface area contributed by atoms with E-state index in [1.807, 2.05) is 60.7 Å². The molecule has 0 N–H and O–H groups in total. The van der Waals surface area contributed by atoms with E-state index < -0.39 is 0 Å². The van der Waals surface area contributed by atoms with Crippen molar-refractivity contribution in [3.8, 4) is 0 Å². The van der Waals surface area contributed by atoms with Gasteiger partial charge in [0.05, 0.1) is 48.3 Å². The van der Waals surface area contributed by atoms with E-state index in [1.165, 1.54) is 36.5 Å². The predicted octanol–water partition coefficient (Wildman–Crippen LogP) is 13.1. The Morgan fingerprint density at radius 1 is 0.416 bits per heavy atom. The molecule has 1 aliphatic heterocycles. The molecular formula is C62H98N8Ni2O3S2. The first-order valence-corrected chi connectivity index (χ1v) is 28.7. The number of aryl methyl sites for hydroxylation is 2. The molecule has 0 aliphatic carbocycles. The van der Waals surface area contributed by atoms with Crippen molar-refractivity contribution >= 4 is 23.3 Å². The molecule has 7 aromatic rings. The second kappa shape index (κ2) is 49.8. The van der Waals surface area contributed by atoms with Crippen LogP contribution >= 0.6 is 0 Å².